The summed E-state index contributed by atoms with van der Waals surface area (Å²) in [4.78, 5) is 11.7. The first-order valence-corrected chi connectivity index (χ1v) is 7.58. The molecule has 0 radical (unpaired) electrons. The van der Waals surface area contributed by atoms with E-state index in [1.165, 1.54) is 0 Å². The van der Waals surface area contributed by atoms with Crippen LogP contribution in [0.5, 0.6) is 0 Å². The van der Waals surface area contributed by atoms with Crippen LogP contribution in [0.4, 0.5) is 0 Å². The quantitative estimate of drug-likeness (QED) is 0.832. The summed E-state index contributed by atoms with van der Waals surface area (Å²) in [5.74, 6) is -0.970. The number of nitrogens with one attached hydrogen (secondary N) is 1. The third-order valence-corrected chi connectivity index (χ3v) is 4.19. The molecular weight excluding hydrogens is 354 g/mol. The van der Waals surface area contributed by atoms with Gasteiger partial charge in [0.1, 0.15) is 5.54 Å². The number of aliphatic carboxylic acids is 1. The minimum absolute atomic E-state index is 0.412. The molecule has 0 fully saturated rings. The highest BCUT2D eigenvalue weighted by molar-refractivity contribution is 9.10. The van der Waals surface area contributed by atoms with Crippen LogP contribution >= 0.6 is 27.5 Å². The molecule has 0 aliphatic heterocycles. The first-order valence-electron chi connectivity index (χ1n) is 6.41. The van der Waals surface area contributed by atoms with Crippen LogP contribution in [0.25, 0.3) is 0 Å². The van der Waals surface area contributed by atoms with Crippen molar-refractivity contribution in [2.45, 2.75) is 19.0 Å². The maximum absolute atomic E-state index is 11.7. The first kappa shape index (κ1) is 16.0. The second kappa shape index (κ2) is 6.60. The zero-order valence-corrected chi connectivity index (χ0v) is 13.8. The van der Waals surface area contributed by atoms with E-state index in [9.17, 15) is 9.90 Å². The highest BCUT2D eigenvalue weighted by Gasteiger charge is 2.36. The molecule has 3 nitrogen and oxygen atoms in total. The van der Waals surface area contributed by atoms with Crippen molar-refractivity contribution in [3.05, 3.63) is 69.2 Å². The fraction of sp³-hybridized carbons (Fsp3) is 0.188. The van der Waals surface area contributed by atoms with E-state index in [1.807, 2.05) is 30.3 Å². The Hall–Kier alpha value is -1.36. The lowest BCUT2D eigenvalue weighted by Gasteiger charge is -2.28. The summed E-state index contributed by atoms with van der Waals surface area (Å²) in [5, 5.41) is 13.1. The molecule has 21 heavy (non-hydrogen) atoms. The van der Waals surface area contributed by atoms with Gasteiger partial charge in [0.05, 0.1) is 0 Å². The molecule has 0 aliphatic rings. The molecule has 1 atom stereocenters. The van der Waals surface area contributed by atoms with Crippen molar-refractivity contribution in [3.63, 3.8) is 0 Å². The lowest BCUT2D eigenvalue weighted by Crippen LogP contribution is -2.46. The molecule has 0 spiro atoms. The third kappa shape index (κ3) is 3.64. The molecule has 110 valence electrons. The van der Waals surface area contributed by atoms with Crippen molar-refractivity contribution in [1.29, 1.82) is 0 Å². The van der Waals surface area contributed by atoms with Crippen molar-refractivity contribution in [3.8, 4) is 0 Å². The van der Waals surface area contributed by atoms with Gasteiger partial charge < -0.3 is 5.11 Å². The van der Waals surface area contributed by atoms with Crippen LogP contribution in [0.3, 0.4) is 0 Å². The number of benzene rings is 2. The number of hydrogen-bond acceptors (Lipinski definition) is 2. The van der Waals surface area contributed by atoms with Gasteiger partial charge in [-0.15, -0.1) is 0 Å². The lowest BCUT2D eigenvalue weighted by atomic mass is 9.91. The van der Waals surface area contributed by atoms with E-state index in [-0.39, 0.29) is 0 Å². The van der Waals surface area contributed by atoms with E-state index in [0.717, 1.165) is 10.0 Å². The Morgan fingerprint density at radius 2 is 1.95 bits per heavy atom. The van der Waals surface area contributed by atoms with Gasteiger partial charge in [0.15, 0.2) is 0 Å². The van der Waals surface area contributed by atoms with Crippen LogP contribution < -0.4 is 5.32 Å². The highest BCUT2D eigenvalue weighted by Crippen LogP contribution is 2.31. The second-order valence-electron chi connectivity index (χ2n) is 4.89. The fourth-order valence-corrected chi connectivity index (χ4v) is 2.92. The van der Waals surface area contributed by atoms with E-state index < -0.39 is 11.5 Å². The highest BCUT2D eigenvalue weighted by atomic mass is 79.9. The smallest absolute Gasteiger partial charge is 0.328 e. The Balaban J connectivity index is 2.30. The predicted molar refractivity (Wildman–Crippen MR) is 87.4 cm³/mol. The van der Waals surface area contributed by atoms with Gasteiger partial charge in [-0.2, -0.15) is 0 Å². The van der Waals surface area contributed by atoms with Gasteiger partial charge in [0.25, 0.3) is 0 Å². The van der Waals surface area contributed by atoms with Crippen LogP contribution in [0.1, 0.15) is 18.1 Å². The third-order valence-electron chi connectivity index (χ3n) is 3.39. The second-order valence-corrected chi connectivity index (χ2v) is 6.22. The van der Waals surface area contributed by atoms with Crippen molar-refractivity contribution in [1.82, 2.24) is 5.32 Å². The van der Waals surface area contributed by atoms with Crippen LogP contribution in [0, 0.1) is 0 Å². The Morgan fingerprint density at radius 3 is 2.52 bits per heavy atom. The van der Waals surface area contributed by atoms with Crippen molar-refractivity contribution < 1.29 is 9.90 Å². The van der Waals surface area contributed by atoms with Gasteiger partial charge in [-0.3, -0.25) is 5.32 Å². The SMILES string of the molecule is CC(NCc1ccccc1)(C(=O)O)c1ccc(Br)cc1Cl. The Labute approximate surface area is 137 Å². The van der Waals surface area contributed by atoms with Crippen LogP contribution in [-0.4, -0.2) is 11.1 Å². The van der Waals surface area contributed by atoms with Crippen LogP contribution in [-0.2, 0) is 16.9 Å². The fourth-order valence-electron chi connectivity index (χ4n) is 2.06. The number of carboxylic acids is 1. The van der Waals surface area contributed by atoms with E-state index >= 15 is 0 Å². The van der Waals surface area contributed by atoms with Crippen molar-refractivity contribution in [2.24, 2.45) is 0 Å². The van der Waals surface area contributed by atoms with Gasteiger partial charge in [-0.05, 0) is 24.6 Å². The standard InChI is InChI=1S/C16H15BrClNO2/c1-16(15(20)21,13-8-7-12(17)9-14(13)18)19-10-11-5-3-2-4-6-11/h2-9,19H,10H2,1H3,(H,20,21). The molecule has 2 N–H and O–H groups in total. The molecule has 0 saturated carbocycles. The molecule has 0 amide bonds. The summed E-state index contributed by atoms with van der Waals surface area (Å²) in [5.41, 5.74) is 0.294. The van der Waals surface area contributed by atoms with Gasteiger partial charge in [-0.1, -0.05) is 63.9 Å². The number of hydrogen-bond donors (Lipinski definition) is 2. The zero-order valence-electron chi connectivity index (χ0n) is 11.4. The van der Waals surface area contributed by atoms with Gasteiger partial charge in [0, 0.05) is 21.6 Å². The summed E-state index contributed by atoms with van der Waals surface area (Å²) in [7, 11) is 0. The summed E-state index contributed by atoms with van der Waals surface area (Å²) in [6.45, 7) is 2.06. The molecule has 1 unspecified atom stereocenters. The number of halogens is 2. The normalized spacial score (nSPS) is 13.7. The van der Waals surface area contributed by atoms with E-state index in [0.29, 0.717) is 17.1 Å². The molecule has 0 bridgehead atoms. The molecule has 2 aromatic carbocycles. The maximum atomic E-state index is 11.7. The first-order chi connectivity index (χ1) is 9.93. The van der Waals surface area contributed by atoms with Gasteiger partial charge >= 0.3 is 5.97 Å². The molecule has 2 aromatic rings. The molecule has 5 heteroatoms. The van der Waals surface area contributed by atoms with Gasteiger partial charge in [0.2, 0.25) is 0 Å². The van der Waals surface area contributed by atoms with E-state index in [1.54, 1.807) is 25.1 Å². The van der Waals surface area contributed by atoms with Crippen LogP contribution in [0.15, 0.2) is 53.0 Å². The average molecular weight is 369 g/mol. The molecular formula is C16H15BrClNO2. The predicted octanol–water partition coefficient (Wildman–Crippen LogP) is 4.19. The summed E-state index contributed by atoms with van der Waals surface area (Å²) in [6, 6.07) is 14.8. The zero-order chi connectivity index (χ0) is 15.5. The summed E-state index contributed by atoms with van der Waals surface area (Å²) in [6.07, 6.45) is 0. The molecule has 0 aliphatic carbocycles. The maximum Gasteiger partial charge on any atom is 0.328 e. The van der Waals surface area contributed by atoms with E-state index in [4.69, 9.17) is 11.6 Å². The molecule has 2 rings (SSSR count). The average Bonchev–Trinajstić information content (AvgIpc) is 2.45. The largest absolute Gasteiger partial charge is 0.480 e. The monoisotopic (exact) mass is 367 g/mol. The molecule has 0 saturated heterocycles. The number of carboxylic acid groups (broad SMARTS) is 1. The van der Waals surface area contributed by atoms with Crippen molar-refractivity contribution >= 4 is 33.5 Å². The summed E-state index contributed by atoms with van der Waals surface area (Å²) >= 11 is 9.53. The van der Waals surface area contributed by atoms with Gasteiger partial charge in [-0.25, -0.2) is 4.79 Å². The Kier molecular flexibility index (Phi) is 5.04. The Morgan fingerprint density at radius 1 is 1.29 bits per heavy atom. The Bertz CT molecular complexity index is 648. The van der Waals surface area contributed by atoms with Crippen molar-refractivity contribution in [2.75, 3.05) is 0 Å². The topological polar surface area (TPSA) is 49.3 Å². The lowest BCUT2D eigenvalue weighted by molar-refractivity contribution is -0.144. The van der Waals surface area contributed by atoms with E-state index in [2.05, 4.69) is 21.2 Å². The molecule has 0 aromatic heterocycles. The summed E-state index contributed by atoms with van der Waals surface area (Å²) < 4.78 is 0.812. The van der Waals surface area contributed by atoms with Crippen LogP contribution in [0.2, 0.25) is 5.02 Å². The minimum atomic E-state index is -1.26. The molecule has 0 heterocycles. The number of rotatable bonds is 5. The number of carbonyl (C=O) groups is 1. The minimum Gasteiger partial charge on any atom is -0.480 e.